The van der Waals surface area contributed by atoms with Crippen LogP contribution < -0.4 is 0 Å². The first-order chi connectivity index (χ1) is 21.3. The van der Waals surface area contributed by atoms with Gasteiger partial charge >= 0.3 is 0 Å². The van der Waals surface area contributed by atoms with Gasteiger partial charge in [-0.15, -0.1) is 11.3 Å². The van der Waals surface area contributed by atoms with Crippen LogP contribution in [-0.2, 0) is 0 Å². The smallest absolute Gasteiger partial charge is 0.197 e. The van der Waals surface area contributed by atoms with E-state index < -0.39 is 0 Å². The van der Waals surface area contributed by atoms with Crippen LogP contribution in [0.4, 0.5) is 0 Å². The molecule has 200 valence electrons. The van der Waals surface area contributed by atoms with Crippen molar-refractivity contribution >= 4 is 86.3 Å². The minimum Gasteiger partial charge on any atom is -0.450 e. The molecule has 0 aliphatic rings. The van der Waals surface area contributed by atoms with Crippen LogP contribution in [0.25, 0.3) is 92.2 Å². The molecule has 10 rings (SSSR count). The molecule has 0 fully saturated rings. The number of pyridine rings is 1. The quantitative estimate of drug-likeness (QED) is 0.208. The Balaban J connectivity index is 1.41. The number of para-hydroxylation sites is 2. The highest BCUT2D eigenvalue weighted by molar-refractivity contribution is 7.26. The molecule has 0 unspecified atom stereocenters. The molecular formula is C37H20N4OS. The SMILES string of the molecule is c1ccc(-c2nc(-n3c4ccccc4c4cnc5c(ccc6c7ccccc7sc65)c43)c3oc4ccccc4c3n2)cc1. The first-order valence-corrected chi connectivity index (χ1v) is 15.0. The summed E-state index contributed by atoms with van der Waals surface area (Å²) in [7, 11) is 0. The van der Waals surface area contributed by atoms with Gasteiger partial charge in [-0.25, -0.2) is 9.97 Å². The van der Waals surface area contributed by atoms with Crippen LogP contribution in [0.15, 0.2) is 126 Å². The number of fused-ring (bicyclic) bond motifs is 12. The Hall–Kier alpha value is -5.59. The Kier molecular flexibility index (Phi) is 4.54. The summed E-state index contributed by atoms with van der Waals surface area (Å²) >= 11 is 1.80. The zero-order valence-electron chi connectivity index (χ0n) is 22.7. The predicted molar refractivity (Wildman–Crippen MR) is 177 cm³/mol. The van der Waals surface area contributed by atoms with E-state index in [0.717, 1.165) is 60.6 Å². The standard InChI is InChI=1S/C37H20N4OS/c1-2-10-21(11-3-1)36-39-31-25-14-5-8-16-29(25)42-34(31)37(40-36)41-28-15-7-4-12-22(28)27-20-38-32-26(33(27)41)19-18-24-23-13-6-9-17-30(23)43-35(24)32/h1-20H. The molecule has 0 saturated heterocycles. The third kappa shape index (κ3) is 3.13. The summed E-state index contributed by atoms with van der Waals surface area (Å²) in [4.78, 5) is 15.4. The van der Waals surface area contributed by atoms with Crippen LogP contribution >= 0.6 is 11.3 Å². The summed E-state index contributed by atoms with van der Waals surface area (Å²) in [6.07, 6.45) is 2.02. The van der Waals surface area contributed by atoms with Gasteiger partial charge in [-0.3, -0.25) is 9.55 Å². The van der Waals surface area contributed by atoms with Crippen LogP contribution in [0.5, 0.6) is 0 Å². The third-order valence-electron chi connectivity index (χ3n) is 8.46. The predicted octanol–water partition coefficient (Wildman–Crippen LogP) is 10.1. The van der Waals surface area contributed by atoms with E-state index in [-0.39, 0.29) is 0 Å². The normalized spacial score (nSPS) is 12.2. The van der Waals surface area contributed by atoms with E-state index in [1.54, 1.807) is 11.3 Å². The van der Waals surface area contributed by atoms with Crippen LogP contribution in [0.3, 0.4) is 0 Å². The van der Waals surface area contributed by atoms with Crippen molar-refractivity contribution in [2.75, 3.05) is 0 Å². The molecule has 0 saturated carbocycles. The monoisotopic (exact) mass is 568 g/mol. The van der Waals surface area contributed by atoms with E-state index >= 15 is 0 Å². The van der Waals surface area contributed by atoms with E-state index in [2.05, 4.69) is 83.4 Å². The fourth-order valence-corrected chi connectivity index (χ4v) is 7.75. The van der Waals surface area contributed by atoms with Gasteiger partial charge in [0.15, 0.2) is 17.2 Å². The molecular weight excluding hydrogens is 549 g/mol. The Morgan fingerprint density at radius 2 is 1.33 bits per heavy atom. The van der Waals surface area contributed by atoms with Crippen molar-refractivity contribution in [3.63, 3.8) is 0 Å². The molecule has 43 heavy (non-hydrogen) atoms. The van der Waals surface area contributed by atoms with Gasteiger partial charge in [-0.05, 0) is 30.3 Å². The molecule has 6 heteroatoms. The minimum atomic E-state index is 0.658. The van der Waals surface area contributed by atoms with Crippen LogP contribution in [-0.4, -0.2) is 19.5 Å². The highest BCUT2D eigenvalue weighted by Gasteiger charge is 2.23. The number of furan rings is 1. The number of thiophene rings is 1. The van der Waals surface area contributed by atoms with E-state index in [1.165, 1.54) is 20.2 Å². The van der Waals surface area contributed by atoms with Crippen LogP contribution in [0.1, 0.15) is 0 Å². The van der Waals surface area contributed by atoms with Gasteiger partial charge in [0, 0.05) is 48.8 Å². The zero-order valence-corrected chi connectivity index (χ0v) is 23.5. The van der Waals surface area contributed by atoms with Crippen LogP contribution in [0.2, 0.25) is 0 Å². The second-order valence-electron chi connectivity index (χ2n) is 10.8. The van der Waals surface area contributed by atoms with Crippen molar-refractivity contribution < 1.29 is 4.42 Å². The molecule has 5 heterocycles. The van der Waals surface area contributed by atoms with Gasteiger partial charge in [-0.2, -0.15) is 0 Å². The van der Waals surface area contributed by atoms with E-state index in [4.69, 9.17) is 19.4 Å². The maximum Gasteiger partial charge on any atom is 0.197 e. The molecule has 0 aliphatic heterocycles. The van der Waals surface area contributed by atoms with Gasteiger partial charge in [0.05, 0.1) is 21.3 Å². The Labute approximate surface area is 248 Å². The van der Waals surface area contributed by atoms with Crippen molar-refractivity contribution in [1.82, 2.24) is 19.5 Å². The molecule has 5 nitrogen and oxygen atoms in total. The summed E-state index contributed by atoms with van der Waals surface area (Å²) in [5.41, 5.74) is 6.31. The first-order valence-electron chi connectivity index (χ1n) is 14.2. The lowest BCUT2D eigenvalue weighted by Gasteiger charge is -2.11. The van der Waals surface area contributed by atoms with Gasteiger partial charge < -0.3 is 4.42 Å². The average Bonchev–Trinajstić information content (AvgIpc) is 3.74. The second kappa shape index (κ2) is 8.47. The molecule has 0 radical (unpaired) electrons. The largest absolute Gasteiger partial charge is 0.450 e. The molecule has 0 aliphatic carbocycles. The molecule has 0 N–H and O–H groups in total. The van der Waals surface area contributed by atoms with Crippen molar-refractivity contribution in [2.24, 2.45) is 0 Å². The molecule has 0 amide bonds. The lowest BCUT2D eigenvalue weighted by atomic mass is 10.1. The fourth-order valence-electron chi connectivity index (χ4n) is 6.55. The molecule has 0 bridgehead atoms. The first kappa shape index (κ1) is 23.0. The lowest BCUT2D eigenvalue weighted by Crippen LogP contribution is -2.02. The van der Waals surface area contributed by atoms with Crippen molar-refractivity contribution in [3.05, 3.63) is 121 Å². The lowest BCUT2D eigenvalue weighted by molar-refractivity contribution is 0.662. The molecule has 10 aromatic rings. The number of benzene rings is 5. The minimum absolute atomic E-state index is 0.658. The number of aromatic nitrogens is 4. The van der Waals surface area contributed by atoms with Crippen LogP contribution in [0, 0.1) is 0 Å². The highest BCUT2D eigenvalue weighted by atomic mass is 32.1. The van der Waals surface area contributed by atoms with Crippen molar-refractivity contribution in [3.8, 4) is 17.2 Å². The van der Waals surface area contributed by atoms with Gasteiger partial charge in [-0.1, -0.05) is 84.9 Å². The summed E-state index contributed by atoms with van der Waals surface area (Å²) < 4.78 is 11.3. The number of nitrogens with zero attached hydrogens (tertiary/aromatic N) is 4. The fraction of sp³-hybridized carbons (Fsp3) is 0. The van der Waals surface area contributed by atoms with Gasteiger partial charge in [0.2, 0.25) is 0 Å². The summed E-state index contributed by atoms with van der Waals surface area (Å²) in [5.74, 6) is 1.38. The maximum absolute atomic E-state index is 6.56. The number of rotatable bonds is 2. The molecule has 0 spiro atoms. The summed E-state index contributed by atoms with van der Waals surface area (Å²) in [5, 5.41) is 6.74. The molecule has 0 atom stereocenters. The average molecular weight is 569 g/mol. The van der Waals surface area contributed by atoms with E-state index in [0.29, 0.717) is 11.4 Å². The van der Waals surface area contributed by atoms with Gasteiger partial charge in [0.25, 0.3) is 0 Å². The second-order valence-corrected chi connectivity index (χ2v) is 11.9. The van der Waals surface area contributed by atoms with Gasteiger partial charge in [0.1, 0.15) is 11.1 Å². The Morgan fingerprint density at radius 1 is 0.581 bits per heavy atom. The summed E-state index contributed by atoms with van der Waals surface area (Å²) in [6, 6.07) is 39.7. The zero-order chi connectivity index (χ0) is 28.1. The third-order valence-corrected chi connectivity index (χ3v) is 9.65. The number of hydrogen-bond acceptors (Lipinski definition) is 5. The highest BCUT2D eigenvalue weighted by Crippen LogP contribution is 2.43. The van der Waals surface area contributed by atoms with E-state index in [9.17, 15) is 0 Å². The van der Waals surface area contributed by atoms with Crippen molar-refractivity contribution in [1.29, 1.82) is 0 Å². The molecule has 5 aromatic carbocycles. The molecule has 5 aromatic heterocycles. The van der Waals surface area contributed by atoms with E-state index in [1.807, 2.05) is 42.6 Å². The summed E-state index contributed by atoms with van der Waals surface area (Å²) in [6.45, 7) is 0. The van der Waals surface area contributed by atoms with Crippen molar-refractivity contribution in [2.45, 2.75) is 0 Å². The Bertz CT molecular complexity index is 2740. The maximum atomic E-state index is 6.56. The topological polar surface area (TPSA) is 56.7 Å². The Morgan fingerprint density at radius 3 is 2.23 bits per heavy atom. The number of hydrogen-bond donors (Lipinski definition) is 0.